The molecule has 7 heteroatoms. The zero-order chi connectivity index (χ0) is 24.1. The fourth-order valence-electron chi connectivity index (χ4n) is 3.69. The summed E-state index contributed by atoms with van der Waals surface area (Å²) in [4.78, 5) is 32.7. The predicted octanol–water partition coefficient (Wildman–Crippen LogP) is 5.47. The van der Waals surface area contributed by atoms with Gasteiger partial charge in [-0.15, -0.1) is 0 Å². The van der Waals surface area contributed by atoms with Crippen molar-refractivity contribution in [1.82, 2.24) is 4.90 Å². The number of hydrogen-bond acceptors (Lipinski definition) is 5. The molecule has 1 heterocycles. The van der Waals surface area contributed by atoms with E-state index in [1.54, 1.807) is 12.0 Å². The molecule has 2 amide bonds. The van der Waals surface area contributed by atoms with Crippen LogP contribution in [0.2, 0.25) is 0 Å². The number of amidine groups is 1. The van der Waals surface area contributed by atoms with Gasteiger partial charge in [0.05, 0.1) is 19.3 Å². The summed E-state index contributed by atoms with van der Waals surface area (Å²) in [7, 11) is 1.62. The minimum atomic E-state index is -0.567. The minimum Gasteiger partial charge on any atom is -0.497 e. The van der Waals surface area contributed by atoms with Crippen molar-refractivity contribution in [2.45, 2.75) is 32.1 Å². The van der Waals surface area contributed by atoms with Crippen LogP contribution in [0.5, 0.6) is 5.75 Å². The highest BCUT2D eigenvalue weighted by Gasteiger charge is 2.36. The molecule has 1 atom stereocenters. The maximum absolute atomic E-state index is 13.2. The van der Waals surface area contributed by atoms with Gasteiger partial charge in [-0.3, -0.25) is 14.5 Å². The van der Waals surface area contributed by atoms with E-state index in [1.807, 2.05) is 86.6 Å². The van der Waals surface area contributed by atoms with Crippen LogP contribution in [0.25, 0.3) is 0 Å². The smallest absolute Gasteiger partial charge is 0.238 e. The largest absolute Gasteiger partial charge is 0.497 e. The first kappa shape index (κ1) is 23.6. The first-order valence-electron chi connectivity index (χ1n) is 11.0. The van der Waals surface area contributed by atoms with E-state index in [0.29, 0.717) is 11.7 Å². The zero-order valence-corrected chi connectivity index (χ0v) is 20.3. The van der Waals surface area contributed by atoms with E-state index in [0.717, 1.165) is 33.8 Å². The lowest BCUT2D eigenvalue weighted by atomic mass is 10.1. The van der Waals surface area contributed by atoms with Crippen LogP contribution < -0.4 is 10.1 Å². The molecular weight excluding hydrogens is 446 g/mol. The highest BCUT2D eigenvalue weighted by atomic mass is 32.2. The second kappa shape index (κ2) is 10.6. The third-order valence-corrected chi connectivity index (χ3v) is 6.74. The van der Waals surface area contributed by atoms with E-state index < -0.39 is 5.25 Å². The number of aliphatic imine (C=N–C) groups is 1. The van der Waals surface area contributed by atoms with Crippen molar-refractivity contribution >= 4 is 40.1 Å². The molecule has 0 bridgehead atoms. The van der Waals surface area contributed by atoms with Crippen LogP contribution in [0, 0.1) is 13.8 Å². The molecular formula is C27H27N3O3S. The van der Waals surface area contributed by atoms with Gasteiger partial charge < -0.3 is 10.1 Å². The summed E-state index contributed by atoms with van der Waals surface area (Å²) < 4.78 is 5.23. The van der Waals surface area contributed by atoms with Crippen molar-refractivity contribution in [3.8, 4) is 5.75 Å². The van der Waals surface area contributed by atoms with Crippen LogP contribution in [-0.4, -0.2) is 34.2 Å². The number of ether oxygens (including phenoxy) is 1. The molecule has 0 saturated carbocycles. The average Bonchev–Trinajstić information content (AvgIpc) is 2.84. The average molecular weight is 474 g/mol. The molecule has 3 aromatic carbocycles. The van der Waals surface area contributed by atoms with Gasteiger partial charge in [-0.25, -0.2) is 4.99 Å². The molecule has 0 spiro atoms. The fourth-order valence-corrected chi connectivity index (χ4v) is 4.79. The Bertz CT molecular complexity index is 1210. The zero-order valence-electron chi connectivity index (χ0n) is 19.4. The van der Waals surface area contributed by atoms with Gasteiger partial charge in [0.15, 0.2) is 5.17 Å². The summed E-state index contributed by atoms with van der Waals surface area (Å²) in [5, 5.41) is 2.94. The summed E-state index contributed by atoms with van der Waals surface area (Å²) in [6.45, 7) is 4.34. The van der Waals surface area contributed by atoms with E-state index in [-0.39, 0.29) is 18.2 Å². The van der Waals surface area contributed by atoms with Gasteiger partial charge in [0.1, 0.15) is 11.0 Å². The van der Waals surface area contributed by atoms with Crippen molar-refractivity contribution in [3.63, 3.8) is 0 Å². The number of thioether (sulfide) groups is 1. The van der Waals surface area contributed by atoms with Gasteiger partial charge in [-0.1, -0.05) is 59.8 Å². The summed E-state index contributed by atoms with van der Waals surface area (Å²) in [5.41, 5.74) is 4.55. The summed E-state index contributed by atoms with van der Waals surface area (Å²) in [5.74, 6) is 0.421. The molecule has 1 aliphatic heterocycles. The molecule has 0 aromatic heterocycles. The Kier molecular flexibility index (Phi) is 7.33. The maximum Gasteiger partial charge on any atom is 0.238 e. The SMILES string of the molecule is COc1ccc(CN2C(=O)CC(C(=O)Nc3ccc(C)cc3C)SC2=Nc2ccccc2)cc1. The molecule has 1 fully saturated rings. The molecule has 4 rings (SSSR count). The van der Waals surface area contributed by atoms with Crippen molar-refractivity contribution < 1.29 is 14.3 Å². The standard InChI is InChI=1S/C27H27N3O3S/c1-18-9-14-23(19(2)15-18)29-26(32)24-16-25(31)30(17-20-10-12-22(33-3)13-11-20)27(34-24)28-21-7-5-4-6-8-21/h4-15,24H,16-17H2,1-3H3,(H,29,32). The van der Waals surface area contributed by atoms with Crippen LogP contribution in [0.4, 0.5) is 11.4 Å². The number of aryl methyl sites for hydroxylation is 2. The third kappa shape index (κ3) is 5.66. The van der Waals surface area contributed by atoms with E-state index in [1.165, 1.54) is 11.8 Å². The fraction of sp³-hybridized carbons (Fsp3) is 0.222. The highest BCUT2D eigenvalue weighted by molar-refractivity contribution is 8.15. The number of carbonyl (C=O) groups excluding carboxylic acids is 2. The molecule has 1 aliphatic rings. The third-order valence-electron chi connectivity index (χ3n) is 5.55. The number of carbonyl (C=O) groups is 2. The van der Waals surface area contributed by atoms with Crippen molar-refractivity contribution in [1.29, 1.82) is 0 Å². The van der Waals surface area contributed by atoms with Crippen LogP contribution in [0.15, 0.2) is 77.8 Å². The lowest BCUT2D eigenvalue weighted by Gasteiger charge is -2.32. The Balaban J connectivity index is 1.58. The summed E-state index contributed by atoms with van der Waals surface area (Å²) >= 11 is 1.32. The molecule has 6 nitrogen and oxygen atoms in total. The van der Waals surface area contributed by atoms with Gasteiger partial charge in [0, 0.05) is 12.1 Å². The van der Waals surface area contributed by atoms with Crippen LogP contribution >= 0.6 is 11.8 Å². The Morgan fingerprint density at radius 2 is 1.82 bits per heavy atom. The molecule has 1 unspecified atom stereocenters. The number of hydrogen-bond donors (Lipinski definition) is 1. The molecule has 1 N–H and O–H groups in total. The van der Waals surface area contributed by atoms with E-state index >= 15 is 0 Å². The number of amides is 2. The van der Waals surface area contributed by atoms with Crippen LogP contribution in [-0.2, 0) is 16.1 Å². The number of anilines is 1. The molecule has 3 aromatic rings. The van der Waals surface area contributed by atoms with Crippen LogP contribution in [0.3, 0.4) is 0 Å². The maximum atomic E-state index is 13.2. The van der Waals surface area contributed by atoms with Gasteiger partial charge in [0.2, 0.25) is 11.8 Å². The number of methoxy groups -OCH3 is 1. The normalized spacial score (nSPS) is 17.0. The first-order chi connectivity index (χ1) is 16.4. The molecule has 174 valence electrons. The topological polar surface area (TPSA) is 71.0 Å². The quantitative estimate of drug-likeness (QED) is 0.515. The van der Waals surface area contributed by atoms with Gasteiger partial charge in [-0.2, -0.15) is 0 Å². The number of nitrogens with one attached hydrogen (secondary N) is 1. The Hall–Kier alpha value is -3.58. The van der Waals surface area contributed by atoms with Crippen molar-refractivity contribution in [2.75, 3.05) is 12.4 Å². The van der Waals surface area contributed by atoms with Gasteiger partial charge in [-0.05, 0) is 55.3 Å². The second-order valence-corrected chi connectivity index (χ2v) is 9.35. The first-order valence-corrected chi connectivity index (χ1v) is 11.9. The number of para-hydroxylation sites is 1. The van der Waals surface area contributed by atoms with E-state index in [9.17, 15) is 9.59 Å². The van der Waals surface area contributed by atoms with E-state index in [4.69, 9.17) is 9.73 Å². The van der Waals surface area contributed by atoms with Crippen molar-refractivity contribution in [2.24, 2.45) is 4.99 Å². The molecule has 0 aliphatic carbocycles. The minimum absolute atomic E-state index is 0.103. The summed E-state index contributed by atoms with van der Waals surface area (Å²) in [6.07, 6.45) is 0.103. The monoisotopic (exact) mass is 473 g/mol. The number of benzene rings is 3. The molecule has 1 saturated heterocycles. The van der Waals surface area contributed by atoms with Crippen molar-refractivity contribution in [3.05, 3.63) is 89.5 Å². The Morgan fingerprint density at radius 3 is 2.50 bits per heavy atom. The lowest BCUT2D eigenvalue weighted by Crippen LogP contribution is -2.44. The number of rotatable bonds is 6. The lowest BCUT2D eigenvalue weighted by molar-refractivity contribution is -0.129. The predicted molar refractivity (Wildman–Crippen MR) is 138 cm³/mol. The molecule has 0 radical (unpaired) electrons. The Morgan fingerprint density at radius 1 is 1.09 bits per heavy atom. The summed E-state index contributed by atoms with van der Waals surface area (Å²) in [6, 6.07) is 22.9. The van der Waals surface area contributed by atoms with Gasteiger partial charge in [0.25, 0.3) is 0 Å². The highest BCUT2D eigenvalue weighted by Crippen LogP contribution is 2.31. The van der Waals surface area contributed by atoms with Gasteiger partial charge >= 0.3 is 0 Å². The van der Waals surface area contributed by atoms with E-state index in [2.05, 4.69) is 5.32 Å². The number of nitrogens with zero attached hydrogens (tertiary/aromatic N) is 2. The Labute approximate surface area is 204 Å². The molecule has 34 heavy (non-hydrogen) atoms. The van der Waals surface area contributed by atoms with Crippen LogP contribution in [0.1, 0.15) is 23.1 Å². The second-order valence-electron chi connectivity index (χ2n) is 8.18.